The van der Waals surface area contributed by atoms with Gasteiger partial charge < -0.3 is 5.32 Å². The standard InChI is InChI=1S/C12H14BrN3O2S2/c1-2-14-8-10-11(5-6-19-10)20(17,18)16-12-4-3-9(13)7-15-12/h3-7,14H,2,8H2,1H3,(H,15,16). The normalized spacial score (nSPS) is 11.5. The highest BCUT2D eigenvalue weighted by atomic mass is 79.9. The number of nitrogens with one attached hydrogen (secondary N) is 2. The number of hydrogen-bond donors (Lipinski definition) is 2. The van der Waals surface area contributed by atoms with E-state index in [4.69, 9.17) is 0 Å². The SMILES string of the molecule is CCNCc1sccc1S(=O)(=O)Nc1ccc(Br)cn1. The van der Waals surface area contributed by atoms with Gasteiger partial charge in [-0.1, -0.05) is 6.92 Å². The van der Waals surface area contributed by atoms with Crippen molar-refractivity contribution in [3.05, 3.63) is 39.1 Å². The monoisotopic (exact) mass is 375 g/mol. The molecule has 20 heavy (non-hydrogen) atoms. The molecule has 0 amide bonds. The van der Waals surface area contributed by atoms with Gasteiger partial charge in [-0.25, -0.2) is 13.4 Å². The van der Waals surface area contributed by atoms with E-state index in [-0.39, 0.29) is 0 Å². The molecular weight excluding hydrogens is 362 g/mol. The van der Waals surface area contributed by atoms with Crippen LogP contribution in [0.4, 0.5) is 5.82 Å². The molecule has 5 nitrogen and oxygen atoms in total. The summed E-state index contributed by atoms with van der Waals surface area (Å²) in [7, 11) is -3.60. The second kappa shape index (κ2) is 6.66. The van der Waals surface area contributed by atoms with E-state index in [9.17, 15) is 8.42 Å². The molecule has 0 spiro atoms. The van der Waals surface area contributed by atoms with E-state index in [0.717, 1.165) is 15.9 Å². The highest BCUT2D eigenvalue weighted by Crippen LogP contribution is 2.24. The smallest absolute Gasteiger partial charge is 0.264 e. The first-order valence-electron chi connectivity index (χ1n) is 5.94. The van der Waals surface area contributed by atoms with Crippen LogP contribution in [0.1, 0.15) is 11.8 Å². The zero-order chi connectivity index (χ0) is 14.6. The molecule has 0 aromatic carbocycles. The molecule has 2 rings (SSSR count). The number of thiophene rings is 1. The largest absolute Gasteiger partial charge is 0.312 e. The van der Waals surface area contributed by atoms with Crippen molar-refractivity contribution in [2.75, 3.05) is 11.3 Å². The van der Waals surface area contributed by atoms with Gasteiger partial charge in [0, 0.05) is 22.1 Å². The Morgan fingerprint density at radius 3 is 2.80 bits per heavy atom. The van der Waals surface area contributed by atoms with Crippen molar-refractivity contribution >= 4 is 43.1 Å². The Hall–Kier alpha value is -0.960. The van der Waals surface area contributed by atoms with E-state index < -0.39 is 10.0 Å². The predicted molar refractivity (Wildman–Crippen MR) is 84.4 cm³/mol. The minimum Gasteiger partial charge on any atom is -0.312 e. The van der Waals surface area contributed by atoms with Crippen LogP contribution in [0.25, 0.3) is 0 Å². The van der Waals surface area contributed by atoms with Crippen molar-refractivity contribution in [3.8, 4) is 0 Å². The molecule has 0 saturated carbocycles. The topological polar surface area (TPSA) is 71.1 Å². The number of rotatable bonds is 6. The van der Waals surface area contributed by atoms with Crippen LogP contribution in [0.15, 0.2) is 39.1 Å². The Morgan fingerprint density at radius 1 is 1.35 bits per heavy atom. The molecule has 2 N–H and O–H groups in total. The van der Waals surface area contributed by atoms with Crippen LogP contribution in [0, 0.1) is 0 Å². The molecule has 0 bridgehead atoms. The number of hydrogen-bond acceptors (Lipinski definition) is 5. The quantitative estimate of drug-likeness (QED) is 0.814. The Balaban J connectivity index is 2.22. The number of sulfonamides is 1. The third kappa shape index (κ3) is 3.78. The van der Waals surface area contributed by atoms with Gasteiger partial charge in [0.15, 0.2) is 0 Å². The molecule has 0 aliphatic carbocycles. The molecular formula is C12H14BrN3O2S2. The van der Waals surface area contributed by atoms with Gasteiger partial charge in [0.2, 0.25) is 0 Å². The second-order valence-electron chi connectivity index (χ2n) is 3.96. The Morgan fingerprint density at radius 2 is 2.15 bits per heavy atom. The molecule has 0 unspecified atom stereocenters. The van der Waals surface area contributed by atoms with Gasteiger partial charge >= 0.3 is 0 Å². The summed E-state index contributed by atoms with van der Waals surface area (Å²) in [5.41, 5.74) is 0. The number of aromatic nitrogens is 1. The lowest BCUT2D eigenvalue weighted by Gasteiger charge is -2.08. The minimum absolute atomic E-state index is 0.299. The number of halogens is 1. The van der Waals surface area contributed by atoms with E-state index in [0.29, 0.717) is 17.3 Å². The summed E-state index contributed by atoms with van der Waals surface area (Å²) in [6, 6.07) is 4.95. The third-order valence-electron chi connectivity index (χ3n) is 2.50. The summed E-state index contributed by atoms with van der Waals surface area (Å²) >= 11 is 4.68. The van der Waals surface area contributed by atoms with Gasteiger partial charge in [0.25, 0.3) is 10.0 Å². The maximum absolute atomic E-state index is 12.3. The van der Waals surface area contributed by atoms with Gasteiger partial charge in [-0.2, -0.15) is 0 Å². The summed E-state index contributed by atoms with van der Waals surface area (Å²) in [6.07, 6.45) is 1.55. The van der Waals surface area contributed by atoms with Crippen molar-refractivity contribution < 1.29 is 8.42 Å². The summed E-state index contributed by atoms with van der Waals surface area (Å²) < 4.78 is 28.0. The van der Waals surface area contributed by atoms with Gasteiger partial charge in [0.1, 0.15) is 10.7 Å². The maximum atomic E-state index is 12.3. The van der Waals surface area contributed by atoms with E-state index >= 15 is 0 Å². The molecule has 0 fully saturated rings. The van der Waals surface area contributed by atoms with Gasteiger partial charge in [0.05, 0.1) is 0 Å². The molecule has 108 valence electrons. The first-order valence-corrected chi connectivity index (χ1v) is 9.10. The third-order valence-corrected chi connectivity index (χ3v) is 5.45. The molecule has 0 aliphatic heterocycles. The molecule has 0 saturated heterocycles. The highest BCUT2D eigenvalue weighted by molar-refractivity contribution is 9.10. The van der Waals surface area contributed by atoms with Crippen LogP contribution in [-0.4, -0.2) is 19.9 Å². The van der Waals surface area contributed by atoms with Crippen LogP contribution < -0.4 is 10.0 Å². The van der Waals surface area contributed by atoms with Crippen LogP contribution in [0.2, 0.25) is 0 Å². The molecule has 0 aliphatic rings. The lowest BCUT2D eigenvalue weighted by molar-refractivity contribution is 0.599. The predicted octanol–water partition coefficient (Wildman–Crippen LogP) is 2.82. The molecule has 2 aromatic rings. The molecule has 8 heteroatoms. The van der Waals surface area contributed by atoms with Crippen LogP contribution in [0.5, 0.6) is 0 Å². The molecule has 2 aromatic heterocycles. The average Bonchev–Trinajstić information content (AvgIpc) is 2.88. The van der Waals surface area contributed by atoms with Crippen molar-refractivity contribution in [1.29, 1.82) is 0 Å². The lowest BCUT2D eigenvalue weighted by atomic mass is 10.4. The van der Waals surface area contributed by atoms with Crippen molar-refractivity contribution in [3.63, 3.8) is 0 Å². The zero-order valence-electron chi connectivity index (χ0n) is 10.8. The summed E-state index contributed by atoms with van der Waals surface area (Å²) in [5, 5.41) is 4.90. The van der Waals surface area contributed by atoms with E-state index in [1.54, 1.807) is 29.8 Å². The Bertz CT molecular complexity index is 668. The second-order valence-corrected chi connectivity index (χ2v) is 7.52. The number of anilines is 1. The van der Waals surface area contributed by atoms with Crippen LogP contribution in [0.3, 0.4) is 0 Å². The molecule has 0 radical (unpaired) electrons. The fraction of sp³-hybridized carbons (Fsp3) is 0.250. The van der Waals surface area contributed by atoms with Gasteiger partial charge in [-0.05, 0) is 46.1 Å². The van der Waals surface area contributed by atoms with Crippen LogP contribution in [-0.2, 0) is 16.6 Å². The summed E-state index contributed by atoms with van der Waals surface area (Å²) in [6.45, 7) is 3.31. The van der Waals surface area contributed by atoms with Gasteiger partial charge in [-0.15, -0.1) is 11.3 Å². The highest BCUT2D eigenvalue weighted by Gasteiger charge is 2.20. The average molecular weight is 376 g/mol. The summed E-state index contributed by atoms with van der Waals surface area (Å²) in [5.74, 6) is 0.300. The van der Waals surface area contributed by atoms with E-state index in [1.165, 1.54) is 11.3 Å². The van der Waals surface area contributed by atoms with Gasteiger partial charge in [-0.3, -0.25) is 4.72 Å². The summed E-state index contributed by atoms with van der Waals surface area (Å²) in [4.78, 5) is 5.10. The molecule has 2 heterocycles. The van der Waals surface area contributed by atoms with Crippen LogP contribution >= 0.6 is 27.3 Å². The van der Waals surface area contributed by atoms with E-state index in [2.05, 4.69) is 31.0 Å². The Labute approximate surface area is 130 Å². The van der Waals surface area contributed by atoms with E-state index in [1.807, 2.05) is 6.92 Å². The first kappa shape index (κ1) is 15.4. The fourth-order valence-electron chi connectivity index (χ4n) is 1.56. The zero-order valence-corrected chi connectivity index (χ0v) is 14.0. The first-order chi connectivity index (χ1) is 9.53. The van der Waals surface area contributed by atoms with Crippen molar-refractivity contribution in [2.45, 2.75) is 18.4 Å². The Kier molecular flexibility index (Phi) is 5.14. The number of pyridine rings is 1. The van der Waals surface area contributed by atoms with Crippen molar-refractivity contribution in [1.82, 2.24) is 10.3 Å². The van der Waals surface area contributed by atoms with Crippen molar-refractivity contribution in [2.24, 2.45) is 0 Å². The minimum atomic E-state index is -3.60. The maximum Gasteiger partial charge on any atom is 0.264 e. The number of nitrogens with zero attached hydrogens (tertiary/aromatic N) is 1. The molecule has 0 atom stereocenters. The fourth-order valence-corrected chi connectivity index (χ4v) is 4.22. The lowest BCUT2D eigenvalue weighted by Crippen LogP contribution is -2.17.